The van der Waals surface area contributed by atoms with Gasteiger partial charge in [0.1, 0.15) is 0 Å². The molecule has 0 aliphatic heterocycles. The molecule has 5 nitrogen and oxygen atoms in total. The lowest BCUT2D eigenvalue weighted by Crippen LogP contribution is -2.11. The normalized spacial score (nSPS) is 12.3. The van der Waals surface area contributed by atoms with Gasteiger partial charge in [-0.1, -0.05) is 12.2 Å². The zero-order valence-corrected chi connectivity index (χ0v) is 9.20. The van der Waals surface area contributed by atoms with Crippen LogP contribution in [0.15, 0.2) is 23.3 Å². The zero-order chi connectivity index (χ0) is 11.8. The lowest BCUT2D eigenvalue weighted by Gasteiger charge is -2.01. The molecule has 0 rings (SSSR count). The predicted molar refractivity (Wildman–Crippen MR) is 52.1 cm³/mol. The van der Waals surface area contributed by atoms with E-state index in [1.807, 2.05) is 0 Å². The van der Waals surface area contributed by atoms with Gasteiger partial charge in [-0.3, -0.25) is 9.78 Å². The molecule has 0 aliphatic rings. The van der Waals surface area contributed by atoms with Gasteiger partial charge in [-0.05, 0) is 27.7 Å². The van der Waals surface area contributed by atoms with Crippen molar-refractivity contribution < 1.29 is 24.4 Å². The maximum Gasteiger partial charge on any atom is 0.372 e. The number of carbonyl (C=O) groups excluding carboxylic acids is 2. The van der Waals surface area contributed by atoms with Gasteiger partial charge in [-0.2, -0.15) is 0 Å². The highest BCUT2D eigenvalue weighted by atomic mass is 17.5. The van der Waals surface area contributed by atoms with Crippen molar-refractivity contribution in [1.29, 1.82) is 0 Å². The molecule has 0 aliphatic carbocycles. The first-order chi connectivity index (χ1) is 7.02. The molecule has 0 spiro atoms. The highest BCUT2D eigenvalue weighted by Crippen LogP contribution is 2.00. The third-order valence-electron chi connectivity index (χ3n) is 1.73. The summed E-state index contributed by atoms with van der Waals surface area (Å²) >= 11 is 0. The fourth-order valence-electron chi connectivity index (χ4n) is 0.446. The first-order valence-electron chi connectivity index (χ1n) is 4.38. The molecule has 0 fully saturated rings. The van der Waals surface area contributed by atoms with Gasteiger partial charge >= 0.3 is 11.9 Å². The van der Waals surface area contributed by atoms with Gasteiger partial charge in [0.25, 0.3) is 0 Å². The summed E-state index contributed by atoms with van der Waals surface area (Å²) in [7, 11) is 0. The standard InChI is InChI=1S/C10H14O5/c1-5-7(3)9(11)13-15-14-10(12)8(4)6-2/h5-6H,1-4H3. The Morgan fingerprint density at radius 1 is 0.867 bits per heavy atom. The molecule has 0 amide bonds. The molecule has 84 valence electrons. The van der Waals surface area contributed by atoms with Crippen molar-refractivity contribution >= 4 is 11.9 Å². The molecule has 0 N–H and O–H groups in total. The van der Waals surface area contributed by atoms with Crippen molar-refractivity contribution in [2.45, 2.75) is 27.7 Å². The summed E-state index contributed by atoms with van der Waals surface area (Å²) in [6.07, 6.45) is 3.09. The smallest absolute Gasteiger partial charge is 0.254 e. The number of hydrogen-bond acceptors (Lipinski definition) is 5. The molecule has 0 aromatic heterocycles. The average molecular weight is 214 g/mol. The van der Waals surface area contributed by atoms with Crippen molar-refractivity contribution in [2.24, 2.45) is 0 Å². The summed E-state index contributed by atoms with van der Waals surface area (Å²) in [6, 6.07) is 0. The topological polar surface area (TPSA) is 61.8 Å². The minimum Gasteiger partial charge on any atom is -0.254 e. The van der Waals surface area contributed by atoms with Crippen LogP contribution in [0.5, 0.6) is 0 Å². The Morgan fingerprint density at radius 3 is 1.47 bits per heavy atom. The zero-order valence-electron chi connectivity index (χ0n) is 9.20. The average Bonchev–Trinajstić information content (AvgIpc) is 2.26. The third-order valence-corrected chi connectivity index (χ3v) is 1.73. The molecule has 0 saturated carbocycles. The Kier molecular flexibility index (Phi) is 6.05. The number of hydrogen-bond donors (Lipinski definition) is 0. The lowest BCUT2D eigenvalue weighted by molar-refractivity contribution is -0.456. The van der Waals surface area contributed by atoms with Crippen LogP contribution in [0.4, 0.5) is 0 Å². The summed E-state index contributed by atoms with van der Waals surface area (Å²) < 4.78 is 0. The fourth-order valence-corrected chi connectivity index (χ4v) is 0.446. The summed E-state index contributed by atoms with van der Waals surface area (Å²) in [5.41, 5.74) is 0.711. The minimum absolute atomic E-state index is 0.355. The molecular formula is C10H14O5. The van der Waals surface area contributed by atoms with Gasteiger partial charge < -0.3 is 0 Å². The van der Waals surface area contributed by atoms with E-state index in [0.29, 0.717) is 11.1 Å². The van der Waals surface area contributed by atoms with E-state index in [4.69, 9.17) is 0 Å². The van der Waals surface area contributed by atoms with E-state index in [1.54, 1.807) is 39.8 Å². The fraction of sp³-hybridized carbons (Fsp3) is 0.400. The molecule has 0 aromatic rings. The van der Waals surface area contributed by atoms with E-state index in [2.05, 4.69) is 14.8 Å². The van der Waals surface area contributed by atoms with Gasteiger partial charge in [0, 0.05) is 16.2 Å². The minimum atomic E-state index is -0.705. The van der Waals surface area contributed by atoms with Crippen LogP contribution in [0.3, 0.4) is 0 Å². The molecule has 0 atom stereocenters. The second-order valence-electron chi connectivity index (χ2n) is 2.75. The number of carbonyl (C=O) groups is 2. The van der Waals surface area contributed by atoms with Crippen LogP contribution in [0.25, 0.3) is 0 Å². The molecule has 0 radical (unpaired) electrons. The van der Waals surface area contributed by atoms with E-state index < -0.39 is 11.9 Å². The van der Waals surface area contributed by atoms with E-state index in [9.17, 15) is 9.59 Å². The van der Waals surface area contributed by atoms with Gasteiger partial charge in [-0.25, -0.2) is 9.59 Å². The molecule has 15 heavy (non-hydrogen) atoms. The molecule has 0 bridgehead atoms. The Balaban J connectivity index is 3.91. The maximum atomic E-state index is 11.0. The SMILES string of the molecule is CC=C(C)C(=O)OOOC(=O)C(C)=CC. The number of allylic oxidation sites excluding steroid dienone is 2. The van der Waals surface area contributed by atoms with E-state index in [0.717, 1.165) is 0 Å². The Labute approximate surface area is 88.2 Å². The van der Waals surface area contributed by atoms with Crippen LogP contribution in [0, 0.1) is 0 Å². The monoisotopic (exact) mass is 214 g/mol. The molecule has 0 aromatic carbocycles. The van der Waals surface area contributed by atoms with Crippen LogP contribution in [-0.2, 0) is 24.4 Å². The highest BCUT2D eigenvalue weighted by molar-refractivity contribution is 5.88. The number of rotatable bonds is 4. The molecule has 0 heterocycles. The first-order valence-corrected chi connectivity index (χ1v) is 4.38. The van der Waals surface area contributed by atoms with Crippen molar-refractivity contribution in [3.63, 3.8) is 0 Å². The summed E-state index contributed by atoms with van der Waals surface area (Å²) in [5, 5.41) is 4.02. The van der Waals surface area contributed by atoms with Crippen molar-refractivity contribution in [3.8, 4) is 0 Å². The molecule has 0 saturated heterocycles. The Bertz CT molecular complexity index is 271. The molecule has 5 heteroatoms. The predicted octanol–water partition coefficient (Wildman–Crippen LogP) is 1.85. The van der Waals surface area contributed by atoms with E-state index in [1.165, 1.54) is 0 Å². The largest absolute Gasteiger partial charge is 0.372 e. The molecule has 0 unspecified atom stereocenters. The summed E-state index contributed by atoms with van der Waals surface area (Å²) in [5.74, 6) is -1.41. The summed E-state index contributed by atoms with van der Waals surface area (Å²) in [6.45, 7) is 6.44. The second kappa shape index (κ2) is 6.78. The van der Waals surface area contributed by atoms with Gasteiger partial charge in [0.2, 0.25) is 0 Å². The van der Waals surface area contributed by atoms with Gasteiger partial charge in [0.05, 0.1) is 0 Å². The van der Waals surface area contributed by atoms with Gasteiger partial charge in [-0.15, -0.1) is 0 Å². The highest BCUT2D eigenvalue weighted by Gasteiger charge is 2.10. The Morgan fingerprint density at radius 2 is 1.20 bits per heavy atom. The maximum absolute atomic E-state index is 11.0. The summed E-state index contributed by atoms with van der Waals surface area (Å²) in [4.78, 5) is 30.3. The first kappa shape index (κ1) is 13.4. The van der Waals surface area contributed by atoms with Crippen molar-refractivity contribution in [2.75, 3.05) is 0 Å². The van der Waals surface area contributed by atoms with Gasteiger partial charge in [0.15, 0.2) is 0 Å². The van der Waals surface area contributed by atoms with Crippen LogP contribution in [0.2, 0.25) is 0 Å². The van der Waals surface area contributed by atoms with E-state index >= 15 is 0 Å². The third kappa shape index (κ3) is 4.97. The second-order valence-corrected chi connectivity index (χ2v) is 2.75. The van der Waals surface area contributed by atoms with E-state index in [-0.39, 0.29) is 0 Å². The lowest BCUT2D eigenvalue weighted by atomic mass is 10.3. The quantitative estimate of drug-likeness (QED) is 0.406. The van der Waals surface area contributed by atoms with Crippen LogP contribution in [0.1, 0.15) is 27.7 Å². The van der Waals surface area contributed by atoms with Crippen LogP contribution < -0.4 is 0 Å². The van der Waals surface area contributed by atoms with Crippen LogP contribution in [-0.4, -0.2) is 11.9 Å². The van der Waals surface area contributed by atoms with Crippen molar-refractivity contribution in [3.05, 3.63) is 23.3 Å². The molecular weight excluding hydrogens is 200 g/mol. The Hall–Kier alpha value is -1.62. The van der Waals surface area contributed by atoms with Crippen molar-refractivity contribution in [1.82, 2.24) is 0 Å². The van der Waals surface area contributed by atoms with Crippen LogP contribution >= 0.6 is 0 Å².